The van der Waals surface area contributed by atoms with Gasteiger partial charge in [0.2, 0.25) is 5.91 Å². The molecule has 142 valence electrons. The van der Waals surface area contributed by atoms with Crippen LogP contribution in [0, 0.1) is 10.1 Å². The number of halogens is 1. The maximum absolute atomic E-state index is 12.3. The van der Waals surface area contributed by atoms with Crippen LogP contribution >= 0.6 is 27.7 Å². The number of hydrogen-bond donors (Lipinski definition) is 1. The summed E-state index contributed by atoms with van der Waals surface area (Å²) in [4.78, 5) is 34.5. The Balaban J connectivity index is 1.59. The van der Waals surface area contributed by atoms with Crippen molar-refractivity contribution in [3.05, 3.63) is 74.2 Å². The molecular formula is C18H13BrN4O4S. The monoisotopic (exact) mass is 460 g/mol. The first-order valence-electron chi connectivity index (χ1n) is 8.04. The van der Waals surface area contributed by atoms with Gasteiger partial charge < -0.3 is 5.32 Å². The van der Waals surface area contributed by atoms with E-state index >= 15 is 0 Å². The number of ketones is 1. The molecule has 0 spiro atoms. The van der Waals surface area contributed by atoms with E-state index in [-0.39, 0.29) is 23.8 Å². The SMILES string of the molecule is O=C(CC1S/C(=N/N=C/c2ccc([N+](=O)[O-])cc2)NC1=O)c1ccc(Br)cc1. The molecule has 1 heterocycles. The van der Waals surface area contributed by atoms with Crippen molar-refractivity contribution in [3.8, 4) is 0 Å². The predicted octanol–water partition coefficient (Wildman–Crippen LogP) is 3.55. The molecule has 2 aromatic carbocycles. The first-order chi connectivity index (χ1) is 13.4. The summed E-state index contributed by atoms with van der Waals surface area (Å²) in [7, 11) is 0. The van der Waals surface area contributed by atoms with Crippen LogP contribution in [0.4, 0.5) is 5.69 Å². The molecule has 1 saturated heterocycles. The highest BCUT2D eigenvalue weighted by Crippen LogP contribution is 2.24. The first-order valence-corrected chi connectivity index (χ1v) is 9.71. The Morgan fingerprint density at radius 3 is 2.54 bits per heavy atom. The fourth-order valence-corrected chi connectivity index (χ4v) is 3.53. The van der Waals surface area contributed by atoms with Crippen LogP contribution in [0.3, 0.4) is 0 Å². The number of non-ortho nitro benzene ring substituents is 1. The van der Waals surface area contributed by atoms with Crippen molar-refractivity contribution in [2.24, 2.45) is 10.2 Å². The van der Waals surface area contributed by atoms with E-state index in [0.717, 1.165) is 16.2 Å². The van der Waals surface area contributed by atoms with Gasteiger partial charge in [0.05, 0.1) is 16.4 Å². The van der Waals surface area contributed by atoms with Gasteiger partial charge in [-0.15, -0.1) is 5.10 Å². The van der Waals surface area contributed by atoms with Crippen molar-refractivity contribution in [2.75, 3.05) is 0 Å². The van der Waals surface area contributed by atoms with Crippen LogP contribution in [0.2, 0.25) is 0 Å². The smallest absolute Gasteiger partial charge is 0.269 e. The molecule has 0 saturated carbocycles. The Bertz CT molecular complexity index is 974. The van der Waals surface area contributed by atoms with Crippen LogP contribution < -0.4 is 5.32 Å². The molecule has 1 aliphatic rings. The molecule has 1 aliphatic heterocycles. The van der Waals surface area contributed by atoms with E-state index in [1.54, 1.807) is 36.4 Å². The molecule has 3 rings (SSSR count). The fraction of sp³-hybridized carbons (Fsp3) is 0.111. The van der Waals surface area contributed by atoms with Crippen LogP contribution in [-0.2, 0) is 4.79 Å². The maximum atomic E-state index is 12.3. The van der Waals surface area contributed by atoms with E-state index in [1.165, 1.54) is 18.3 Å². The van der Waals surface area contributed by atoms with E-state index in [4.69, 9.17) is 0 Å². The van der Waals surface area contributed by atoms with Gasteiger partial charge in [0.25, 0.3) is 5.69 Å². The Hall–Kier alpha value is -2.85. The van der Waals surface area contributed by atoms with E-state index in [0.29, 0.717) is 16.3 Å². The summed E-state index contributed by atoms with van der Waals surface area (Å²) < 4.78 is 0.873. The Labute approximate surface area is 172 Å². The number of carbonyl (C=O) groups excluding carboxylic acids is 2. The summed E-state index contributed by atoms with van der Waals surface area (Å²) in [6, 6.07) is 12.8. The zero-order valence-corrected chi connectivity index (χ0v) is 16.6. The number of amidine groups is 1. The minimum atomic E-state index is -0.565. The average Bonchev–Trinajstić information content (AvgIpc) is 3.02. The van der Waals surface area contributed by atoms with E-state index < -0.39 is 10.2 Å². The van der Waals surface area contributed by atoms with Gasteiger partial charge in [-0.2, -0.15) is 5.10 Å². The summed E-state index contributed by atoms with van der Waals surface area (Å²) in [5.74, 6) is -0.421. The number of rotatable bonds is 6. The number of Topliss-reactive ketones (excluding diaryl/α,β-unsaturated/α-hetero) is 1. The van der Waals surface area contributed by atoms with Gasteiger partial charge in [-0.25, -0.2) is 0 Å². The normalized spacial score (nSPS) is 17.8. The molecule has 1 N–H and O–H groups in total. The first kappa shape index (κ1) is 19.9. The zero-order chi connectivity index (χ0) is 20.1. The van der Waals surface area contributed by atoms with Gasteiger partial charge in [0.1, 0.15) is 0 Å². The summed E-state index contributed by atoms with van der Waals surface area (Å²) in [6.07, 6.45) is 1.48. The van der Waals surface area contributed by atoms with Crippen LogP contribution in [0.15, 0.2) is 63.2 Å². The molecule has 2 aromatic rings. The van der Waals surface area contributed by atoms with Crippen molar-refractivity contribution >= 4 is 56.5 Å². The number of amides is 1. The molecule has 8 nitrogen and oxygen atoms in total. The van der Waals surface area contributed by atoms with Gasteiger partial charge in [0.15, 0.2) is 11.0 Å². The molecule has 1 atom stereocenters. The standard InChI is InChI=1S/C18H13BrN4O4S/c19-13-5-3-12(4-6-13)15(24)9-16-17(25)21-18(28-16)22-20-10-11-1-7-14(8-2-11)23(26)27/h1-8,10,16H,9H2,(H,21,22,25)/b20-10+. The number of hydrogen-bond acceptors (Lipinski definition) is 7. The number of nitro benzene ring substituents is 1. The molecule has 0 radical (unpaired) electrons. The van der Waals surface area contributed by atoms with Gasteiger partial charge >= 0.3 is 0 Å². The molecule has 0 aromatic heterocycles. The molecular weight excluding hydrogens is 448 g/mol. The van der Waals surface area contributed by atoms with E-state index in [1.807, 2.05) is 0 Å². The topological polar surface area (TPSA) is 114 Å². The lowest BCUT2D eigenvalue weighted by Gasteiger charge is -2.04. The number of nitro groups is 1. The highest BCUT2D eigenvalue weighted by Gasteiger charge is 2.32. The van der Waals surface area contributed by atoms with Crippen LogP contribution in [-0.4, -0.2) is 33.2 Å². The van der Waals surface area contributed by atoms with Crippen LogP contribution in [0.1, 0.15) is 22.3 Å². The average molecular weight is 461 g/mol. The van der Waals surface area contributed by atoms with Gasteiger partial charge in [-0.3, -0.25) is 19.7 Å². The number of benzene rings is 2. The zero-order valence-electron chi connectivity index (χ0n) is 14.2. The Morgan fingerprint density at radius 1 is 1.21 bits per heavy atom. The number of nitrogens with one attached hydrogen (secondary N) is 1. The van der Waals surface area contributed by atoms with Gasteiger partial charge in [-0.05, 0) is 29.8 Å². The van der Waals surface area contributed by atoms with Gasteiger partial charge in [0, 0.05) is 28.6 Å². The number of carbonyl (C=O) groups is 2. The quantitative estimate of drug-likeness (QED) is 0.306. The second-order valence-electron chi connectivity index (χ2n) is 5.73. The second-order valence-corrected chi connectivity index (χ2v) is 7.84. The van der Waals surface area contributed by atoms with Crippen molar-refractivity contribution < 1.29 is 14.5 Å². The highest BCUT2D eigenvalue weighted by atomic mass is 79.9. The van der Waals surface area contributed by atoms with Crippen LogP contribution in [0.5, 0.6) is 0 Å². The lowest BCUT2D eigenvalue weighted by atomic mass is 10.1. The molecule has 1 amide bonds. The molecule has 1 fully saturated rings. The largest absolute Gasteiger partial charge is 0.303 e. The molecule has 1 unspecified atom stereocenters. The van der Waals surface area contributed by atoms with Crippen LogP contribution in [0.25, 0.3) is 0 Å². The third kappa shape index (κ3) is 5.11. The summed E-state index contributed by atoms with van der Waals surface area (Å²) >= 11 is 4.45. The van der Waals surface area contributed by atoms with Gasteiger partial charge in [-0.1, -0.05) is 39.8 Å². The lowest BCUT2D eigenvalue weighted by molar-refractivity contribution is -0.384. The third-order valence-corrected chi connectivity index (χ3v) is 5.37. The fourth-order valence-electron chi connectivity index (χ4n) is 2.34. The lowest BCUT2D eigenvalue weighted by Crippen LogP contribution is -2.26. The Morgan fingerprint density at radius 2 is 1.89 bits per heavy atom. The predicted molar refractivity (Wildman–Crippen MR) is 111 cm³/mol. The molecule has 28 heavy (non-hydrogen) atoms. The summed E-state index contributed by atoms with van der Waals surface area (Å²) in [5.41, 5.74) is 1.16. The number of thioether (sulfide) groups is 1. The summed E-state index contributed by atoms with van der Waals surface area (Å²) in [6.45, 7) is 0. The minimum Gasteiger partial charge on any atom is -0.303 e. The minimum absolute atomic E-state index is 0.0136. The molecule has 0 bridgehead atoms. The molecule has 10 heteroatoms. The molecule has 0 aliphatic carbocycles. The summed E-state index contributed by atoms with van der Waals surface area (Å²) in [5, 5.41) is 20.8. The second kappa shape index (κ2) is 8.89. The third-order valence-electron chi connectivity index (χ3n) is 3.77. The van der Waals surface area contributed by atoms with Crippen molar-refractivity contribution in [1.29, 1.82) is 0 Å². The van der Waals surface area contributed by atoms with Crippen molar-refractivity contribution in [2.45, 2.75) is 11.7 Å². The number of nitrogens with zero attached hydrogens (tertiary/aromatic N) is 3. The van der Waals surface area contributed by atoms with Crippen molar-refractivity contribution in [1.82, 2.24) is 5.32 Å². The highest BCUT2D eigenvalue weighted by molar-refractivity contribution is 9.10. The Kier molecular flexibility index (Phi) is 6.32. The maximum Gasteiger partial charge on any atom is 0.269 e. The van der Waals surface area contributed by atoms with E-state index in [9.17, 15) is 19.7 Å². The van der Waals surface area contributed by atoms with E-state index in [2.05, 4.69) is 31.4 Å². The van der Waals surface area contributed by atoms with Crippen molar-refractivity contribution in [3.63, 3.8) is 0 Å².